The van der Waals surface area contributed by atoms with Crippen LogP contribution in [0, 0.1) is 5.41 Å². The molecule has 1 fully saturated rings. The summed E-state index contributed by atoms with van der Waals surface area (Å²) in [5, 5.41) is 11.6. The van der Waals surface area contributed by atoms with Crippen LogP contribution in [0.3, 0.4) is 0 Å². The average Bonchev–Trinajstić information content (AvgIpc) is 2.10. The first kappa shape index (κ1) is 11.3. The van der Waals surface area contributed by atoms with Crippen LogP contribution in [0.5, 0.6) is 0 Å². The van der Waals surface area contributed by atoms with Gasteiger partial charge in [-0.25, -0.2) is 0 Å². The lowest BCUT2D eigenvalue weighted by Gasteiger charge is -2.48. The van der Waals surface area contributed by atoms with Crippen molar-refractivity contribution in [1.82, 2.24) is 4.90 Å². The van der Waals surface area contributed by atoms with Crippen molar-refractivity contribution >= 4 is 5.84 Å². The normalized spacial score (nSPS) is 24.8. The second kappa shape index (κ2) is 3.77. The lowest BCUT2D eigenvalue weighted by molar-refractivity contribution is 0.0338. The zero-order valence-corrected chi connectivity index (χ0v) is 9.49. The van der Waals surface area contributed by atoms with Gasteiger partial charge in [-0.05, 0) is 32.2 Å². The molecule has 14 heavy (non-hydrogen) atoms. The number of nitrogens with two attached hydrogens (primary N) is 1. The minimum atomic E-state index is 0.0149. The first-order valence-corrected chi connectivity index (χ1v) is 5.07. The molecule has 82 valence electrons. The van der Waals surface area contributed by atoms with Crippen LogP contribution in [0.15, 0.2) is 5.16 Å². The van der Waals surface area contributed by atoms with E-state index in [0.29, 0.717) is 11.5 Å². The Bertz CT molecular complexity index is 230. The molecule has 0 spiro atoms. The Morgan fingerprint density at radius 1 is 1.57 bits per heavy atom. The molecular formula is C10H21N3O. The standard InChI is InChI=1S/C10H21N3O/c1-7(9(11)12-14)13(4)8-5-10(2,3)6-8/h7-8,14H,5-6H2,1-4H3,(H2,11,12). The fourth-order valence-electron chi connectivity index (χ4n) is 2.11. The first-order valence-electron chi connectivity index (χ1n) is 5.07. The number of hydrogen-bond acceptors (Lipinski definition) is 3. The second-order valence-electron chi connectivity index (χ2n) is 5.09. The van der Waals surface area contributed by atoms with Crippen LogP contribution >= 0.6 is 0 Å². The average molecular weight is 199 g/mol. The molecule has 3 N–H and O–H groups in total. The van der Waals surface area contributed by atoms with Crippen molar-refractivity contribution in [2.45, 2.75) is 45.7 Å². The molecule has 0 heterocycles. The minimum Gasteiger partial charge on any atom is -0.409 e. The molecule has 1 saturated carbocycles. The first-order chi connectivity index (χ1) is 6.37. The topological polar surface area (TPSA) is 61.9 Å². The Labute approximate surface area is 85.8 Å². The summed E-state index contributed by atoms with van der Waals surface area (Å²) >= 11 is 0. The summed E-state index contributed by atoms with van der Waals surface area (Å²) in [5.41, 5.74) is 6.02. The summed E-state index contributed by atoms with van der Waals surface area (Å²) in [6.45, 7) is 6.50. The predicted octanol–water partition coefficient (Wildman–Crippen LogP) is 1.24. The summed E-state index contributed by atoms with van der Waals surface area (Å²) in [5.74, 6) is 0.289. The molecule has 0 amide bonds. The van der Waals surface area contributed by atoms with Crippen LogP contribution in [-0.2, 0) is 0 Å². The van der Waals surface area contributed by atoms with Gasteiger partial charge >= 0.3 is 0 Å². The molecule has 4 heteroatoms. The Morgan fingerprint density at radius 2 is 2.07 bits per heavy atom. The van der Waals surface area contributed by atoms with Gasteiger partial charge < -0.3 is 10.9 Å². The van der Waals surface area contributed by atoms with E-state index in [2.05, 4.69) is 23.9 Å². The van der Waals surface area contributed by atoms with Gasteiger partial charge in [0.15, 0.2) is 5.84 Å². The Balaban J connectivity index is 2.47. The number of oxime groups is 1. The fraction of sp³-hybridized carbons (Fsp3) is 0.900. The van der Waals surface area contributed by atoms with Crippen LogP contribution in [-0.4, -0.2) is 35.1 Å². The van der Waals surface area contributed by atoms with Crippen molar-refractivity contribution in [2.75, 3.05) is 7.05 Å². The monoisotopic (exact) mass is 199 g/mol. The maximum atomic E-state index is 8.57. The van der Waals surface area contributed by atoms with E-state index in [9.17, 15) is 0 Å². The molecule has 0 bridgehead atoms. The van der Waals surface area contributed by atoms with Crippen LogP contribution < -0.4 is 5.73 Å². The highest BCUT2D eigenvalue weighted by molar-refractivity contribution is 5.84. The third kappa shape index (κ3) is 2.18. The predicted molar refractivity (Wildman–Crippen MR) is 57.4 cm³/mol. The highest BCUT2D eigenvalue weighted by Gasteiger charge is 2.39. The maximum Gasteiger partial charge on any atom is 0.156 e. The summed E-state index contributed by atoms with van der Waals surface area (Å²) in [6, 6.07) is 0.585. The third-order valence-electron chi connectivity index (χ3n) is 3.31. The van der Waals surface area contributed by atoms with E-state index in [4.69, 9.17) is 10.9 Å². The van der Waals surface area contributed by atoms with Crippen molar-refractivity contribution in [2.24, 2.45) is 16.3 Å². The van der Waals surface area contributed by atoms with E-state index in [1.807, 2.05) is 14.0 Å². The summed E-state index contributed by atoms with van der Waals surface area (Å²) < 4.78 is 0. The van der Waals surface area contributed by atoms with Crippen molar-refractivity contribution in [1.29, 1.82) is 0 Å². The number of nitrogens with zero attached hydrogens (tertiary/aromatic N) is 2. The van der Waals surface area contributed by atoms with E-state index in [-0.39, 0.29) is 11.9 Å². The highest BCUT2D eigenvalue weighted by Crippen LogP contribution is 2.42. The number of likely N-dealkylation sites (N-methyl/N-ethyl adjacent to an activating group) is 1. The molecular weight excluding hydrogens is 178 g/mol. The van der Waals surface area contributed by atoms with Crippen LogP contribution in [0.1, 0.15) is 33.6 Å². The van der Waals surface area contributed by atoms with Gasteiger partial charge in [0, 0.05) is 6.04 Å². The smallest absolute Gasteiger partial charge is 0.156 e. The van der Waals surface area contributed by atoms with E-state index in [0.717, 1.165) is 0 Å². The van der Waals surface area contributed by atoms with Gasteiger partial charge in [-0.2, -0.15) is 0 Å². The molecule has 0 aromatic rings. The lowest BCUT2D eigenvalue weighted by atomic mass is 9.68. The fourth-order valence-corrected chi connectivity index (χ4v) is 2.11. The summed E-state index contributed by atoms with van der Waals surface area (Å²) in [4.78, 5) is 2.18. The van der Waals surface area contributed by atoms with E-state index in [1.54, 1.807) is 0 Å². The third-order valence-corrected chi connectivity index (χ3v) is 3.31. The lowest BCUT2D eigenvalue weighted by Crippen LogP contribution is -2.53. The van der Waals surface area contributed by atoms with Gasteiger partial charge in [0.25, 0.3) is 0 Å². The van der Waals surface area contributed by atoms with E-state index >= 15 is 0 Å². The molecule has 0 saturated heterocycles. The molecule has 1 aliphatic carbocycles. The van der Waals surface area contributed by atoms with Gasteiger partial charge in [-0.3, -0.25) is 4.90 Å². The Kier molecular flexibility index (Phi) is 3.04. The molecule has 4 nitrogen and oxygen atoms in total. The number of hydrogen-bond donors (Lipinski definition) is 2. The second-order valence-corrected chi connectivity index (χ2v) is 5.09. The van der Waals surface area contributed by atoms with Gasteiger partial charge in [0.2, 0.25) is 0 Å². The maximum absolute atomic E-state index is 8.57. The molecule has 0 aromatic heterocycles. The highest BCUT2D eigenvalue weighted by atomic mass is 16.4. The van der Waals surface area contributed by atoms with E-state index < -0.39 is 0 Å². The summed E-state index contributed by atoms with van der Waals surface area (Å²) in [6.07, 6.45) is 2.37. The molecule has 1 aliphatic rings. The van der Waals surface area contributed by atoms with Gasteiger partial charge in [0.05, 0.1) is 6.04 Å². The zero-order chi connectivity index (χ0) is 10.9. The molecule has 1 rings (SSSR count). The minimum absolute atomic E-state index is 0.0149. The van der Waals surface area contributed by atoms with Crippen molar-refractivity contribution in [3.8, 4) is 0 Å². The quantitative estimate of drug-likeness (QED) is 0.311. The van der Waals surface area contributed by atoms with Crippen molar-refractivity contribution in [3.05, 3.63) is 0 Å². The van der Waals surface area contributed by atoms with E-state index in [1.165, 1.54) is 12.8 Å². The molecule has 1 atom stereocenters. The largest absolute Gasteiger partial charge is 0.409 e. The van der Waals surface area contributed by atoms with Gasteiger partial charge in [0.1, 0.15) is 0 Å². The van der Waals surface area contributed by atoms with Crippen LogP contribution in [0.2, 0.25) is 0 Å². The van der Waals surface area contributed by atoms with Crippen LogP contribution in [0.25, 0.3) is 0 Å². The summed E-state index contributed by atoms with van der Waals surface area (Å²) in [7, 11) is 2.03. The Hall–Kier alpha value is -0.770. The molecule has 0 aliphatic heterocycles. The van der Waals surface area contributed by atoms with Crippen molar-refractivity contribution in [3.63, 3.8) is 0 Å². The molecule has 1 unspecified atom stereocenters. The molecule has 0 radical (unpaired) electrons. The van der Waals surface area contributed by atoms with Gasteiger partial charge in [-0.15, -0.1) is 0 Å². The number of amidine groups is 1. The molecule has 0 aromatic carbocycles. The Morgan fingerprint density at radius 3 is 2.43 bits per heavy atom. The van der Waals surface area contributed by atoms with Crippen LogP contribution in [0.4, 0.5) is 0 Å². The van der Waals surface area contributed by atoms with Gasteiger partial charge in [-0.1, -0.05) is 19.0 Å². The van der Waals surface area contributed by atoms with Crippen molar-refractivity contribution < 1.29 is 5.21 Å². The zero-order valence-electron chi connectivity index (χ0n) is 9.49. The number of rotatable bonds is 3. The SMILES string of the molecule is CC(/C(N)=N/O)N(C)C1CC(C)(C)C1.